The number of hydrogen-bond acceptors (Lipinski definition) is 2. The third-order valence-electron chi connectivity index (χ3n) is 3.70. The molecule has 0 radical (unpaired) electrons. The van der Waals surface area contributed by atoms with Crippen molar-refractivity contribution < 1.29 is 9.59 Å². The van der Waals surface area contributed by atoms with E-state index in [1.54, 1.807) is 30.3 Å². The maximum Gasteiger partial charge on any atom is 0.272 e. The maximum absolute atomic E-state index is 12.5. The predicted octanol–water partition coefficient (Wildman–Crippen LogP) is 4.04. The van der Waals surface area contributed by atoms with Crippen molar-refractivity contribution in [1.82, 2.24) is 4.57 Å². The third kappa shape index (κ3) is 3.26. The number of benzene rings is 2. The molecule has 0 atom stereocenters. The van der Waals surface area contributed by atoms with Crippen LogP contribution in [0.5, 0.6) is 0 Å². The van der Waals surface area contributed by atoms with E-state index in [1.807, 2.05) is 29.8 Å². The molecule has 122 valence electrons. The molecule has 24 heavy (non-hydrogen) atoms. The van der Waals surface area contributed by atoms with Crippen LogP contribution in [0, 0.1) is 0 Å². The Balaban J connectivity index is 1.82. The lowest BCUT2D eigenvalue weighted by atomic mass is 10.2. The molecule has 3 rings (SSSR count). The van der Waals surface area contributed by atoms with Gasteiger partial charge in [-0.2, -0.15) is 0 Å². The summed E-state index contributed by atoms with van der Waals surface area (Å²) in [4.78, 5) is 23.5. The molecule has 6 heteroatoms. The van der Waals surface area contributed by atoms with Crippen LogP contribution in [0.4, 0.5) is 11.4 Å². The Hall–Kier alpha value is -2.79. The van der Waals surface area contributed by atoms with Gasteiger partial charge in [-0.1, -0.05) is 11.6 Å². The second-order valence-corrected chi connectivity index (χ2v) is 5.94. The molecule has 2 amide bonds. The fourth-order valence-electron chi connectivity index (χ4n) is 2.57. The number of carbonyl (C=O) groups is 2. The molecule has 0 aliphatic carbocycles. The number of nitrogens with one attached hydrogen (secondary N) is 2. The number of aryl methyl sites for hydroxylation is 1. The van der Waals surface area contributed by atoms with Crippen molar-refractivity contribution >= 4 is 45.7 Å². The van der Waals surface area contributed by atoms with Crippen LogP contribution in [0.25, 0.3) is 10.9 Å². The molecular formula is C18H16ClN3O2. The van der Waals surface area contributed by atoms with E-state index in [0.717, 1.165) is 10.9 Å². The minimum absolute atomic E-state index is 0.138. The van der Waals surface area contributed by atoms with Gasteiger partial charge in [-0.05, 0) is 48.5 Å². The molecule has 0 unspecified atom stereocenters. The van der Waals surface area contributed by atoms with Crippen molar-refractivity contribution in [2.24, 2.45) is 7.05 Å². The highest BCUT2D eigenvalue weighted by Crippen LogP contribution is 2.23. The molecule has 0 aliphatic heterocycles. The zero-order chi connectivity index (χ0) is 17.3. The van der Waals surface area contributed by atoms with Gasteiger partial charge in [-0.25, -0.2) is 0 Å². The number of anilines is 2. The van der Waals surface area contributed by atoms with Crippen LogP contribution in [0.15, 0.2) is 48.5 Å². The van der Waals surface area contributed by atoms with E-state index >= 15 is 0 Å². The first kappa shape index (κ1) is 16.1. The molecular weight excluding hydrogens is 326 g/mol. The number of hydrogen-bond donors (Lipinski definition) is 2. The van der Waals surface area contributed by atoms with Gasteiger partial charge in [-0.3, -0.25) is 9.59 Å². The highest BCUT2D eigenvalue weighted by molar-refractivity contribution is 6.31. The molecule has 0 aliphatic rings. The lowest BCUT2D eigenvalue weighted by Gasteiger charge is -2.08. The van der Waals surface area contributed by atoms with E-state index < -0.39 is 0 Å². The van der Waals surface area contributed by atoms with Crippen LogP contribution in [-0.4, -0.2) is 16.4 Å². The molecule has 0 fully saturated rings. The van der Waals surface area contributed by atoms with Gasteiger partial charge in [0.1, 0.15) is 5.69 Å². The van der Waals surface area contributed by atoms with Crippen molar-refractivity contribution in [3.63, 3.8) is 0 Å². The lowest BCUT2D eigenvalue weighted by molar-refractivity contribution is -0.114. The van der Waals surface area contributed by atoms with E-state index in [0.29, 0.717) is 22.1 Å². The average molecular weight is 342 g/mol. The highest BCUT2D eigenvalue weighted by Gasteiger charge is 2.13. The van der Waals surface area contributed by atoms with Gasteiger partial charge in [0.05, 0.1) is 0 Å². The zero-order valence-electron chi connectivity index (χ0n) is 13.3. The van der Waals surface area contributed by atoms with Crippen LogP contribution >= 0.6 is 11.6 Å². The van der Waals surface area contributed by atoms with Crippen LogP contribution in [0.1, 0.15) is 17.4 Å². The summed E-state index contributed by atoms with van der Waals surface area (Å²) in [6.07, 6.45) is 0. The smallest absolute Gasteiger partial charge is 0.272 e. The summed E-state index contributed by atoms with van der Waals surface area (Å²) in [5.74, 6) is -0.349. The minimum Gasteiger partial charge on any atom is -0.340 e. The molecule has 2 N–H and O–H groups in total. The van der Waals surface area contributed by atoms with Gasteiger partial charge in [0.25, 0.3) is 5.91 Å². The Morgan fingerprint density at radius 2 is 1.58 bits per heavy atom. The SMILES string of the molecule is CC(=O)Nc1ccc(NC(=O)c2cc3cc(Cl)ccc3n2C)cc1. The number of amides is 2. The Kier molecular flexibility index (Phi) is 4.27. The largest absolute Gasteiger partial charge is 0.340 e. The Morgan fingerprint density at radius 1 is 0.958 bits per heavy atom. The van der Waals surface area contributed by atoms with Crippen molar-refractivity contribution in [3.8, 4) is 0 Å². The molecule has 0 saturated carbocycles. The fraction of sp³-hybridized carbons (Fsp3) is 0.111. The first-order valence-corrected chi connectivity index (χ1v) is 7.76. The number of nitrogens with zero attached hydrogens (tertiary/aromatic N) is 1. The van der Waals surface area contributed by atoms with E-state index in [-0.39, 0.29) is 11.8 Å². The number of fused-ring (bicyclic) bond motifs is 1. The lowest BCUT2D eigenvalue weighted by Crippen LogP contribution is -2.15. The highest BCUT2D eigenvalue weighted by atomic mass is 35.5. The summed E-state index contributed by atoms with van der Waals surface area (Å²) in [5.41, 5.74) is 2.81. The molecule has 5 nitrogen and oxygen atoms in total. The van der Waals surface area contributed by atoms with Gasteiger partial charge in [0.15, 0.2) is 0 Å². The quantitative estimate of drug-likeness (QED) is 0.755. The monoisotopic (exact) mass is 341 g/mol. The Morgan fingerprint density at radius 3 is 2.21 bits per heavy atom. The van der Waals surface area contributed by atoms with Crippen LogP contribution in [0.3, 0.4) is 0 Å². The summed E-state index contributed by atoms with van der Waals surface area (Å²) in [6, 6.07) is 14.3. The second-order valence-electron chi connectivity index (χ2n) is 5.50. The minimum atomic E-state index is -0.211. The van der Waals surface area contributed by atoms with Crippen molar-refractivity contribution in [2.75, 3.05) is 10.6 Å². The van der Waals surface area contributed by atoms with E-state index in [2.05, 4.69) is 10.6 Å². The predicted molar refractivity (Wildman–Crippen MR) is 96.6 cm³/mol. The van der Waals surface area contributed by atoms with E-state index in [9.17, 15) is 9.59 Å². The second kappa shape index (κ2) is 6.37. The Bertz CT molecular complexity index is 929. The standard InChI is InChI=1S/C18H16ClN3O2/c1-11(23)20-14-4-6-15(7-5-14)21-18(24)17-10-12-9-13(19)3-8-16(12)22(17)2/h3-10H,1-2H3,(H,20,23)(H,21,24). The topological polar surface area (TPSA) is 63.1 Å². The van der Waals surface area contributed by atoms with E-state index in [4.69, 9.17) is 11.6 Å². The zero-order valence-corrected chi connectivity index (χ0v) is 14.0. The third-order valence-corrected chi connectivity index (χ3v) is 3.94. The number of aromatic nitrogens is 1. The molecule has 3 aromatic rings. The molecule has 0 saturated heterocycles. The summed E-state index contributed by atoms with van der Waals surface area (Å²) in [5, 5.41) is 7.08. The molecule has 1 aromatic heterocycles. The Labute approximate surface area is 144 Å². The molecule has 0 spiro atoms. The van der Waals surface area contributed by atoms with Crippen molar-refractivity contribution in [2.45, 2.75) is 6.92 Å². The fourth-order valence-corrected chi connectivity index (χ4v) is 2.75. The van der Waals surface area contributed by atoms with Gasteiger partial charge in [-0.15, -0.1) is 0 Å². The van der Waals surface area contributed by atoms with Crippen molar-refractivity contribution in [3.05, 3.63) is 59.2 Å². The molecule has 0 bridgehead atoms. The van der Waals surface area contributed by atoms with Crippen LogP contribution < -0.4 is 10.6 Å². The summed E-state index contributed by atoms with van der Waals surface area (Å²) < 4.78 is 1.83. The van der Waals surface area contributed by atoms with Crippen molar-refractivity contribution in [1.29, 1.82) is 0 Å². The number of carbonyl (C=O) groups excluding carboxylic acids is 2. The molecule has 1 heterocycles. The van der Waals surface area contributed by atoms with Crippen LogP contribution in [-0.2, 0) is 11.8 Å². The van der Waals surface area contributed by atoms with E-state index in [1.165, 1.54) is 6.92 Å². The van der Waals surface area contributed by atoms with Gasteiger partial charge < -0.3 is 15.2 Å². The van der Waals surface area contributed by atoms with Crippen LogP contribution in [0.2, 0.25) is 5.02 Å². The summed E-state index contributed by atoms with van der Waals surface area (Å²) >= 11 is 6.00. The first-order chi connectivity index (χ1) is 11.4. The van der Waals surface area contributed by atoms with Gasteiger partial charge in [0, 0.05) is 41.3 Å². The molecule has 2 aromatic carbocycles. The average Bonchev–Trinajstić information content (AvgIpc) is 2.85. The number of rotatable bonds is 3. The van der Waals surface area contributed by atoms with Gasteiger partial charge >= 0.3 is 0 Å². The summed E-state index contributed by atoms with van der Waals surface area (Å²) in [6.45, 7) is 1.45. The first-order valence-electron chi connectivity index (χ1n) is 7.38. The normalized spacial score (nSPS) is 10.6. The maximum atomic E-state index is 12.5. The number of halogens is 1. The summed E-state index contributed by atoms with van der Waals surface area (Å²) in [7, 11) is 1.84. The van der Waals surface area contributed by atoms with Gasteiger partial charge in [0.2, 0.25) is 5.91 Å².